The van der Waals surface area contributed by atoms with Gasteiger partial charge in [0.15, 0.2) is 6.10 Å². The molecule has 0 aliphatic heterocycles. The molecule has 3 aromatic carbocycles. The molecule has 3 N–H and O–H groups in total. The van der Waals surface area contributed by atoms with E-state index < -0.39 is 18.3 Å². The van der Waals surface area contributed by atoms with Crippen LogP contribution in [0.25, 0.3) is 0 Å². The van der Waals surface area contributed by atoms with E-state index in [1.807, 2.05) is 37.3 Å². The van der Waals surface area contributed by atoms with Gasteiger partial charge >= 0.3 is 6.09 Å². The maximum absolute atomic E-state index is 12.8. The Morgan fingerprint density at radius 2 is 1.75 bits per heavy atom. The zero-order valence-corrected chi connectivity index (χ0v) is 20.5. The molecule has 0 fully saturated rings. The number of benzene rings is 3. The van der Waals surface area contributed by atoms with E-state index in [-0.39, 0.29) is 18.8 Å². The van der Waals surface area contributed by atoms with Gasteiger partial charge in [-0.05, 0) is 59.3 Å². The van der Waals surface area contributed by atoms with E-state index in [1.54, 1.807) is 36.4 Å². The van der Waals surface area contributed by atoms with Gasteiger partial charge in [0.2, 0.25) is 0 Å². The average Bonchev–Trinajstić information content (AvgIpc) is 2.77. The number of para-hydroxylation sites is 1. The third-order valence-electron chi connectivity index (χ3n) is 4.68. The lowest BCUT2D eigenvalue weighted by atomic mass is 10.0. The number of nitrogens with one attached hydrogen (secondary N) is 1. The zero-order chi connectivity index (χ0) is 23.1. The lowest BCUT2D eigenvalue weighted by Gasteiger charge is -2.28. The topological polar surface area (TPSA) is 88.0 Å². The molecule has 2 atom stereocenters. The number of hydrogen-bond donors (Lipinski definition) is 3. The number of hydrogen-bond acceptors (Lipinski definition) is 5. The highest BCUT2D eigenvalue weighted by atomic mass is 79.9. The highest BCUT2D eigenvalue weighted by Crippen LogP contribution is 2.39. The highest BCUT2D eigenvalue weighted by Gasteiger charge is 2.32. The number of phenols is 1. The van der Waals surface area contributed by atoms with Gasteiger partial charge in [-0.3, -0.25) is 5.32 Å². The minimum atomic E-state index is -1.01. The summed E-state index contributed by atoms with van der Waals surface area (Å²) in [7, 11) is 0. The molecular weight excluding hydrogens is 542 g/mol. The first-order valence-corrected chi connectivity index (χ1v) is 11.5. The van der Waals surface area contributed by atoms with Crippen molar-refractivity contribution in [2.24, 2.45) is 0 Å². The Morgan fingerprint density at radius 3 is 2.41 bits per heavy atom. The van der Waals surface area contributed by atoms with Gasteiger partial charge in [0.1, 0.15) is 17.6 Å². The number of rotatable bonds is 8. The molecule has 0 saturated heterocycles. The molecular formula is C24H23Br2NO5. The van der Waals surface area contributed by atoms with Crippen molar-refractivity contribution >= 4 is 43.6 Å². The van der Waals surface area contributed by atoms with Crippen molar-refractivity contribution < 1.29 is 24.5 Å². The van der Waals surface area contributed by atoms with Crippen LogP contribution in [0.4, 0.5) is 10.5 Å². The lowest BCUT2D eigenvalue weighted by Crippen LogP contribution is -2.32. The van der Waals surface area contributed by atoms with Crippen LogP contribution in [0.1, 0.15) is 23.7 Å². The van der Waals surface area contributed by atoms with Crippen LogP contribution in [0.5, 0.6) is 11.5 Å². The SMILES string of the molecule is Cc1ccc(NC(=O)O[C@@H](c2cc(Br)cc(Br)c2O)[C@H](CCO)Oc2ccccc2)cc1. The van der Waals surface area contributed by atoms with Crippen molar-refractivity contribution in [2.45, 2.75) is 25.6 Å². The van der Waals surface area contributed by atoms with E-state index >= 15 is 0 Å². The smallest absolute Gasteiger partial charge is 0.412 e. The molecule has 0 radical (unpaired) electrons. The summed E-state index contributed by atoms with van der Waals surface area (Å²) in [5.41, 5.74) is 1.96. The predicted octanol–water partition coefficient (Wildman–Crippen LogP) is 6.35. The first kappa shape index (κ1) is 24.1. The summed E-state index contributed by atoms with van der Waals surface area (Å²) in [6, 6.07) is 19.6. The number of aliphatic hydroxyl groups excluding tert-OH is 1. The normalized spacial score (nSPS) is 12.6. The molecule has 0 bridgehead atoms. The Kier molecular flexibility index (Phi) is 8.55. The third-order valence-corrected chi connectivity index (χ3v) is 5.74. The van der Waals surface area contributed by atoms with Gasteiger partial charge in [0.05, 0.1) is 4.47 Å². The summed E-state index contributed by atoms with van der Waals surface area (Å²) < 4.78 is 12.9. The monoisotopic (exact) mass is 563 g/mol. The average molecular weight is 565 g/mol. The number of phenolic OH excluding ortho intramolecular Hbond substituents is 1. The number of aliphatic hydroxyl groups is 1. The number of aryl methyl sites for hydroxylation is 1. The quantitative estimate of drug-likeness (QED) is 0.297. The predicted molar refractivity (Wildman–Crippen MR) is 130 cm³/mol. The molecule has 3 rings (SSSR count). The van der Waals surface area contributed by atoms with Crippen LogP contribution in [-0.2, 0) is 4.74 Å². The van der Waals surface area contributed by atoms with Crippen molar-refractivity contribution in [3.8, 4) is 11.5 Å². The molecule has 168 valence electrons. The van der Waals surface area contributed by atoms with Gasteiger partial charge in [-0.25, -0.2) is 4.79 Å². The second-order valence-electron chi connectivity index (χ2n) is 7.12. The molecule has 6 nitrogen and oxygen atoms in total. The molecule has 0 saturated carbocycles. The molecule has 0 unspecified atom stereocenters. The van der Waals surface area contributed by atoms with E-state index in [1.165, 1.54) is 0 Å². The Bertz CT molecular complexity index is 1040. The fourth-order valence-electron chi connectivity index (χ4n) is 3.12. The van der Waals surface area contributed by atoms with Crippen molar-refractivity contribution in [1.29, 1.82) is 0 Å². The second-order valence-corrected chi connectivity index (χ2v) is 8.89. The summed E-state index contributed by atoms with van der Waals surface area (Å²) in [5, 5.41) is 23.1. The van der Waals surface area contributed by atoms with E-state index in [0.29, 0.717) is 25.9 Å². The van der Waals surface area contributed by atoms with E-state index in [4.69, 9.17) is 9.47 Å². The van der Waals surface area contributed by atoms with Crippen molar-refractivity contribution in [1.82, 2.24) is 0 Å². The number of carbonyl (C=O) groups is 1. The number of carbonyl (C=O) groups excluding carboxylic acids is 1. The van der Waals surface area contributed by atoms with Crippen LogP contribution in [0.2, 0.25) is 0 Å². The van der Waals surface area contributed by atoms with Crippen LogP contribution in [0.15, 0.2) is 75.7 Å². The molecule has 0 aliphatic carbocycles. The van der Waals surface area contributed by atoms with E-state index in [9.17, 15) is 15.0 Å². The number of ether oxygens (including phenoxy) is 2. The third kappa shape index (κ3) is 6.48. The van der Waals surface area contributed by atoms with Gasteiger partial charge < -0.3 is 19.7 Å². The van der Waals surface area contributed by atoms with E-state index in [0.717, 1.165) is 5.56 Å². The lowest BCUT2D eigenvalue weighted by molar-refractivity contribution is 0.00792. The van der Waals surface area contributed by atoms with E-state index in [2.05, 4.69) is 37.2 Å². The Balaban J connectivity index is 1.94. The number of halogens is 2. The molecule has 0 spiro atoms. The van der Waals surface area contributed by atoms with Gasteiger partial charge in [-0.15, -0.1) is 0 Å². The first-order valence-electron chi connectivity index (χ1n) is 9.92. The van der Waals surface area contributed by atoms with Crippen LogP contribution < -0.4 is 10.1 Å². The Labute approximate surface area is 203 Å². The molecule has 1 amide bonds. The van der Waals surface area contributed by atoms with Crippen LogP contribution in [0, 0.1) is 6.92 Å². The summed E-state index contributed by atoms with van der Waals surface area (Å²) in [4.78, 5) is 12.8. The zero-order valence-electron chi connectivity index (χ0n) is 17.3. The molecule has 0 aromatic heterocycles. The number of anilines is 1. The summed E-state index contributed by atoms with van der Waals surface area (Å²) >= 11 is 6.73. The fourth-order valence-corrected chi connectivity index (χ4v) is 4.37. The minimum Gasteiger partial charge on any atom is -0.506 e. The second kappa shape index (κ2) is 11.4. The summed E-state index contributed by atoms with van der Waals surface area (Å²) in [5.74, 6) is 0.466. The maximum Gasteiger partial charge on any atom is 0.412 e. The molecule has 0 heterocycles. The van der Waals surface area contributed by atoms with Gasteiger partial charge in [0.25, 0.3) is 0 Å². The van der Waals surface area contributed by atoms with Gasteiger partial charge in [-0.1, -0.05) is 51.8 Å². The van der Waals surface area contributed by atoms with Gasteiger partial charge in [0, 0.05) is 28.8 Å². The maximum atomic E-state index is 12.8. The minimum absolute atomic E-state index is 0.0825. The standard InChI is InChI=1S/C24H23Br2NO5/c1-15-7-9-17(10-8-15)27-24(30)32-23(19-13-16(25)14-20(26)22(19)29)21(11-12-28)31-18-5-3-2-4-6-18/h2-10,13-14,21,23,28-29H,11-12H2,1H3,(H,27,30)/t21-,23-/m0/s1. The van der Waals surface area contributed by atoms with Crippen molar-refractivity contribution in [3.63, 3.8) is 0 Å². The number of aromatic hydroxyl groups is 1. The number of amides is 1. The van der Waals surface area contributed by atoms with Crippen LogP contribution in [-0.4, -0.2) is 29.0 Å². The van der Waals surface area contributed by atoms with Crippen molar-refractivity contribution in [3.05, 3.63) is 86.8 Å². The Hall–Kier alpha value is -2.55. The summed E-state index contributed by atoms with van der Waals surface area (Å²) in [6.07, 6.45) is -2.32. The Morgan fingerprint density at radius 1 is 1.06 bits per heavy atom. The highest BCUT2D eigenvalue weighted by molar-refractivity contribution is 9.11. The fraction of sp³-hybridized carbons (Fsp3) is 0.208. The molecule has 3 aromatic rings. The van der Waals surface area contributed by atoms with Crippen LogP contribution >= 0.6 is 31.9 Å². The molecule has 32 heavy (non-hydrogen) atoms. The van der Waals surface area contributed by atoms with Gasteiger partial charge in [-0.2, -0.15) is 0 Å². The first-order chi connectivity index (χ1) is 15.4. The molecule has 8 heteroatoms. The largest absolute Gasteiger partial charge is 0.506 e. The van der Waals surface area contributed by atoms with Crippen molar-refractivity contribution in [2.75, 3.05) is 11.9 Å². The summed E-state index contributed by atoms with van der Waals surface area (Å²) in [6.45, 7) is 1.75. The van der Waals surface area contributed by atoms with Crippen LogP contribution in [0.3, 0.4) is 0 Å². The molecule has 0 aliphatic rings.